The Balaban J connectivity index is 2.26. The quantitative estimate of drug-likeness (QED) is 0.407. The number of carbonyl (C=O) groups is 2. The van der Waals surface area contributed by atoms with Gasteiger partial charge in [0.2, 0.25) is 5.91 Å². The molecule has 0 spiro atoms. The van der Waals surface area contributed by atoms with Crippen molar-refractivity contribution < 1.29 is 14.3 Å². The highest BCUT2D eigenvalue weighted by Crippen LogP contribution is 2.15. The van der Waals surface area contributed by atoms with E-state index in [2.05, 4.69) is 22.1 Å². The van der Waals surface area contributed by atoms with Crippen molar-refractivity contribution in [2.45, 2.75) is 39.0 Å². The number of ether oxygens (including phenoxy) is 1. The maximum Gasteiger partial charge on any atom is 0.305 e. The Labute approximate surface area is 131 Å². The van der Waals surface area contributed by atoms with Crippen molar-refractivity contribution in [3.63, 3.8) is 0 Å². The summed E-state index contributed by atoms with van der Waals surface area (Å²) in [4.78, 5) is 25.0. The van der Waals surface area contributed by atoms with Gasteiger partial charge in [-0.05, 0) is 18.8 Å². The fourth-order valence-corrected chi connectivity index (χ4v) is 2.44. The number of carbonyl (C=O) groups excluding carboxylic acids is 2. The summed E-state index contributed by atoms with van der Waals surface area (Å²) >= 11 is 0. The summed E-state index contributed by atoms with van der Waals surface area (Å²) in [6.07, 6.45) is 4.82. The van der Waals surface area contributed by atoms with Crippen molar-refractivity contribution in [2.24, 2.45) is 11.0 Å². The molecule has 0 bridgehead atoms. The van der Waals surface area contributed by atoms with Gasteiger partial charge in [0, 0.05) is 38.7 Å². The molecule has 1 saturated heterocycles. The number of likely N-dealkylation sites (tertiary alicyclic amines) is 1. The largest absolute Gasteiger partial charge is 0.469 e. The lowest BCUT2D eigenvalue weighted by atomic mass is 10.00. The first kappa shape index (κ1) is 18.1. The molecule has 1 unspecified atom stereocenters. The van der Waals surface area contributed by atoms with Crippen LogP contribution >= 0.6 is 0 Å². The van der Waals surface area contributed by atoms with Gasteiger partial charge in [0.25, 0.3) is 0 Å². The van der Waals surface area contributed by atoms with Crippen molar-refractivity contribution in [1.82, 2.24) is 10.2 Å². The van der Waals surface area contributed by atoms with Crippen LogP contribution in [0.3, 0.4) is 0 Å². The zero-order valence-electron chi connectivity index (χ0n) is 13.4. The molecule has 22 heavy (non-hydrogen) atoms. The van der Waals surface area contributed by atoms with Gasteiger partial charge in [-0.2, -0.15) is 5.11 Å². The van der Waals surface area contributed by atoms with E-state index in [-0.39, 0.29) is 18.3 Å². The normalized spacial score (nSPS) is 18.7. The number of piperidine rings is 1. The first-order valence-electron chi connectivity index (χ1n) is 7.71. The number of amides is 1. The van der Waals surface area contributed by atoms with E-state index in [0.29, 0.717) is 31.0 Å². The Morgan fingerprint density at radius 3 is 2.82 bits per heavy atom. The molecule has 7 heteroatoms. The second-order valence-corrected chi connectivity index (χ2v) is 5.61. The van der Waals surface area contributed by atoms with Crippen molar-refractivity contribution in [1.29, 1.82) is 5.53 Å². The fraction of sp³-hybridized carbons (Fsp3) is 0.733. The zero-order valence-corrected chi connectivity index (χ0v) is 13.4. The number of rotatable bonds is 8. The van der Waals surface area contributed by atoms with Gasteiger partial charge in [0.15, 0.2) is 0 Å². The third kappa shape index (κ3) is 6.69. The number of esters is 1. The fourth-order valence-electron chi connectivity index (χ4n) is 2.44. The highest BCUT2D eigenvalue weighted by molar-refractivity contribution is 5.76. The Morgan fingerprint density at radius 2 is 2.18 bits per heavy atom. The number of hydrogen-bond donors (Lipinski definition) is 2. The van der Waals surface area contributed by atoms with E-state index in [4.69, 9.17) is 5.53 Å². The summed E-state index contributed by atoms with van der Waals surface area (Å²) in [6, 6.07) is 0. The standard InChI is InChI=1S/C15H26N4O3/c1-12-4-3-9-19(11-12)14(20)7-8-17-10-13(18-16)5-6-15(21)22-2/h10,12,16-17H,3-9,11H2,1-2H3/b13-10-,18-16?. The zero-order chi connectivity index (χ0) is 16.4. The van der Waals surface area contributed by atoms with Gasteiger partial charge in [-0.3, -0.25) is 9.59 Å². The average molecular weight is 310 g/mol. The summed E-state index contributed by atoms with van der Waals surface area (Å²) in [5.41, 5.74) is 7.52. The smallest absolute Gasteiger partial charge is 0.305 e. The highest BCUT2D eigenvalue weighted by Gasteiger charge is 2.20. The van der Waals surface area contributed by atoms with Crippen LogP contribution in [0.4, 0.5) is 0 Å². The number of nitrogens with zero attached hydrogens (tertiary/aromatic N) is 2. The molecule has 124 valence electrons. The molecule has 2 N–H and O–H groups in total. The lowest BCUT2D eigenvalue weighted by Gasteiger charge is -2.31. The predicted molar refractivity (Wildman–Crippen MR) is 82.1 cm³/mol. The van der Waals surface area contributed by atoms with Crippen LogP contribution in [0.1, 0.15) is 39.0 Å². The van der Waals surface area contributed by atoms with Crippen LogP contribution in [-0.4, -0.2) is 43.5 Å². The highest BCUT2D eigenvalue weighted by atomic mass is 16.5. The van der Waals surface area contributed by atoms with Crippen LogP contribution in [0, 0.1) is 11.4 Å². The van der Waals surface area contributed by atoms with Gasteiger partial charge in [0.05, 0.1) is 19.2 Å². The van der Waals surface area contributed by atoms with Gasteiger partial charge in [-0.15, -0.1) is 0 Å². The Kier molecular flexibility index (Phi) is 8.17. The van der Waals surface area contributed by atoms with Crippen molar-refractivity contribution in [2.75, 3.05) is 26.7 Å². The van der Waals surface area contributed by atoms with Crippen molar-refractivity contribution >= 4 is 11.9 Å². The number of allylic oxidation sites excluding steroid dienone is 1. The van der Waals surface area contributed by atoms with Crippen LogP contribution in [0.25, 0.3) is 0 Å². The van der Waals surface area contributed by atoms with Gasteiger partial charge >= 0.3 is 5.97 Å². The third-order valence-corrected chi connectivity index (χ3v) is 3.72. The molecule has 0 saturated carbocycles. The van der Waals surface area contributed by atoms with Crippen molar-refractivity contribution in [3.8, 4) is 0 Å². The molecule has 0 radical (unpaired) electrons. The SMILES string of the molecule is COC(=O)CC/C(=C/NCCC(=O)N1CCCC(C)C1)N=N. The second-order valence-electron chi connectivity index (χ2n) is 5.61. The summed E-state index contributed by atoms with van der Waals surface area (Å²) in [6.45, 7) is 4.37. The Hall–Kier alpha value is -1.92. The first-order valence-corrected chi connectivity index (χ1v) is 7.71. The minimum absolute atomic E-state index is 0.159. The minimum Gasteiger partial charge on any atom is -0.469 e. The topological polar surface area (TPSA) is 94.8 Å². The van der Waals surface area contributed by atoms with E-state index < -0.39 is 0 Å². The van der Waals surface area contributed by atoms with Crippen LogP contribution in [-0.2, 0) is 14.3 Å². The summed E-state index contributed by atoms with van der Waals surface area (Å²) in [5, 5.41) is 6.34. The lowest BCUT2D eigenvalue weighted by molar-refractivity contribution is -0.140. The second kappa shape index (κ2) is 9.92. The van der Waals surface area contributed by atoms with E-state index in [1.807, 2.05) is 4.90 Å². The van der Waals surface area contributed by atoms with E-state index in [1.165, 1.54) is 13.5 Å². The molecule has 1 rings (SSSR count). The van der Waals surface area contributed by atoms with Gasteiger partial charge in [-0.25, -0.2) is 5.53 Å². The molecular formula is C15H26N4O3. The van der Waals surface area contributed by atoms with Gasteiger partial charge in [-0.1, -0.05) is 6.92 Å². The minimum atomic E-state index is -0.330. The molecule has 0 aromatic rings. The molecule has 1 heterocycles. The van der Waals surface area contributed by atoms with Gasteiger partial charge in [0.1, 0.15) is 0 Å². The molecule has 1 amide bonds. The number of methoxy groups -OCH3 is 1. The van der Waals surface area contributed by atoms with E-state index >= 15 is 0 Å². The molecule has 1 atom stereocenters. The van der Waals surface area contributed by atoms with E-state index in [0.717, 1.165) is 19.5 Å². The van der Waals surface area contributed by atoms with Crippen LogP contribution < -0.4 is 5.32 Å². The van der Waals surface area contributed by atoms with Crippen LogP contribution in [0.5, 0.6) is 0 Å². The molecule has 0 aromatic carbocycles. The number of nitrogens with one attached hydrogen (secondary N) is 2. The molecule has 7 nitrogen and oxygen atoms in total. The lowest BCUT2D eigenvalue weighted by Crippen LogP contribution is -2.39. The molecule has 1 aliphatic rings. The monoisotopic (exact) mass is 310 g/mol. The summed E-state index contributed by atoms with van der Waals surface area (Å²) < 4.78 is 4.54. The van der Waals surface area contributed by atoms with Crippen LogP contribution in [0.2, 0.25) is 0 Å². The van der Waals surface area contributed by atoms with Gasteiger partial charge < -0.3 is 15.0 Å². The predicted octanol–water partition coefficient (Wildman–Crippen LogP) is 2.05. The van der Waals surface area contributed by atoms with E-state index in [9.17, 15) is 9.59 Å². The molecule has 1 fully saturated rings. The average Bonchev–Trinajstić information content (AvgIpc) is 2.53. The third-order valence-electron chi connectivity index (χ3n) is 3.72. The van der Waals surface area contributed by atoms with E-state index in [1.54, 1.807) is 6.20 Å². The molecular weight excluding hydrogens is 284 g/mol. The van der Waals surface area contributed by atoms with Crippen LogP contribution in [0.15, 0.2) is 17.0 Å². The number of hydrogen-bond acceptors (Lipinski definition) is 6. The van der Waals surface area contributed by atoms with Crippen molar-refractivity contribution in [3.05, 3.63) is 11.9 Å². The maximum atomic E-state index is 12.1. The summed E-state index contributed by atoms with van der Waals surface area (Å²) in [7, 11) is 1.33. The summed E-state index contributed by atoms with van der Waals surface area (Å²) in [5.74, 6) is 0.410. The molecule has 0 aliphatic carbocycles. The Bertz CT molecular complexity index is 423. The first-order chi connectivity index (χ1) is 10.6. The molecule has 0 aromatic heterocycles. The molecule has 1 aliphatic heterocycles. The maximum absolute atomic E-state index is 12.1. The Morgan fingerprint density at radius 1 is 1.41 bits per heavy atom.